The maximum atomic E-state index is 5.97. The predicted octanol–water partition coefficient (Wildman–Crippen LogP) is 2.23. The molecule has 2 nitrogen and oxygen atoms in total. The van der Waals surface area contributed by atoms with Gasteiger partial charge in [0.15, 0.2) is 0 Å². The Bertz CT molecular complexity index is 399. The highest BCUT2D eigenvalue weighted by atomic mass is 14.8. The number of anilines is 1. The molecule has 0 atom stereocenters. The molecule has 0 amide bonds. The Balaban J connectivity index is 3.41. The molecule has 0 aliphatic carbocycles. The summed E-state index contributed by atoms with van der Waals surface area (Å²) in [5.74, 6) is 0. The Morgan fingerprint density at radius 1 is 1.43 bits per heavy atom. The Labute approximate surface area is 85.1 Å². The molecule has 74 valence electrons. The third kappa shape index (κ3) is 1.81. The summed E-state index contributed by atoms with van der Waals surface area (Å²) in [4.78, 5) is 0. The van der Waals surface area contributed by atoms with E-state index in [1.807, 2.05) is 27.0 Å². The number of benzene rings is 1. The van der Waals surface area contributed by atoms with Crippen LogP contribution in [0.15, 0.2) is 24.4 Å². The van der Waals surface area contributed by atoms with Gasteiger partial charge >= 0.3 is 0 Å². The molecular formula is C12H16N2. The highest BCUT2D eigenvalue weighted by Crippen LogP contribution is 2.23. The Morgan fingerprint density at radius 3 is 2.57 bits per heavy atom. The monoisotopic (exact) mass is 188 g/mol. The summed E-state index contributed by atoms with van der Waals surface area (Å²) < 4.78 is 0. The maximum absolute atomic E-state index is 5.97. The van der Waals surface area contributed by atoms with Gasteiger partial charge in [0, 0.05) is 18.3 Å². The van der Waals surface area contributed by atoms with Crippen LogP contribution in [0.5, 0.6) is 0 Å². The van der Waals surface area contributed by atoms with Gasteiger partial charge in [-0.15, -0.1) is 5.73 Å². The van der Waals surface area contributed by atoms with Crippen LogP contribution in [-0.2, 0) is 0 Å². The van der Waals surface area contributed by atoms with E-state index < -0.39 is 0 Å². The number of hydrogen-bond acceptors (Lipinski definition) is 2. The van der Waals surface area contributed by atoms with E-state index in [1.54, 1.807) is 0 Å². The molecule has 1 aromatic rings. The summed E-state index contributed by atoms with van der Waals surface area (Å²) in [6, 6.07) is 4.10. The van der Waals surface area contributed by atoms with Crippen LogP contribution in [0.25, 0.3) is 5.70 Å². The van der Waals surface area contributed by atoms with Gasteiger partial charge in [0.25, 0.3) is 0 Å². The topological polar surface area (TPSA) is 38.0 Å². The van der Waals surface area contributed by atoms with Crippen molar-refractivity contribution < 1.29 is 0 Å². The first-order chi connectivity index (χ1) is 6.60. The Morgan fingerprint density at radius 2 is 2.07 bits per heavy atom. The minimum absolute atomic E-state index is 0.788. The van der Waals surface area contributed by atoms with Crippen molar-refractivity contribution >= 4 is 11.4 Å². The first-order valence-corrected chi connectivity index (χ1v) is 4.55. The fourth-order valence-electron chi connectivity index (χ4n) is 1.50. The first kappa shape index (κ1) is 10.4. The second-order valence-corrected chi connectivity index (χ2v) is 3.34. The molecular weight excluding hydrogens is 172 g/mol. The number of nitrogens with two attached hydrogens (primary N) is 1. The number of hydrogen-bond donors (Lipinski definition) is 2. The van der Waals surface area contributed by atoms with Crippen LogP contribution in [0.1, 0.15) is 16.7 Å². The minimum atomic E-state index is 0.788. The van der Waals surface area contributed by atoms with Crippen molar-refractivity contribution in [1.82, 2.24) is 5.32 Å². The van der Waals surface area contributed by atoms with Gasteiger partial charge in [0.05, 0.1) is 5.70 Å². The van der Waals surface area contributed by atoms with E-state index in [1.165, 1.54) is 5.56 Å². The lowest BCUT2D eigenvalue weighted by molar-refractivity contribution is 1.13. The summed E-state index contributed by atoms with van der Waals surface area (Å²) in [6.07, 6.45) is 0. The lowest BCUT2D eigenvalue weighted by Gasteiger charge is -2.11. The van der Waals surface area contributed by atoms with Crippen molar-refractivity contribution in [1.29, 1.82) is 0 Å². The standard InChI is InChI=1S/C12H16N2/c1-5-11(14-4)10-7-8(2)6-9(3)12(10)13/h6-7,14H,1,13H2,2-4H3. The van der Waals surface area contributed by atoms with Gasteiger partial charge in [-0.3, -0.25) is 0 Å². The normalized spacial score (nSPS) is 9.36. The Kier molecular flexibility index (Phi) is 3.00. The van der Waals surface area contributed by atoms with Crippen molar-refractivity contribution in [3.05, 3.63) is 41.1 Å². The van der Waals surface area contributed by atoms with E-state index in [0.717, 1.165) is 22.5 Å². The van der Waals surface area contributed by atoms with Crippen LogP contribution in [-0.4, -0.2) is 7.05 Å². The number of nitrogen functional groups attached to an aromatic ring is 1. The molecule has 0 fully saturated rings. The summed E-state index contributed by atoms with van der Waals surface area (Å²) >= 11 is 0. The van der Waals surface area contributed by atoms with E-state index in [9.17, 15) is 0 Å². The molecule has 0 bridgehead atoms. The number of aryl methyl sites for hydroxylation is 2. The maximum Gasteiger partial charge on any atom is 0.0859 e. The summed E-state index contributed by atoms with van der Waals surface area (Å²) in [5.41, 5.74) is 13.7. The molecule has 0 spiro atoms. The van der Waals surface area contributed by atoms with Crippen molar-refractivity contribution in [3.8, 4) is 0 Å². The Hall–Kier alpha value is -1.66. The van der Waals surface area contributed by atoms with Crippen LogP contribution in [0.4, 0.5) is 5.69 Å². The molecule has 0 aliphatic rings. The zero-order valence-electron chi connectivity index (χ0n) is 8.94. The molecule has 0 saturated carbocycles. The molecule has 1 rings (SSSR count). The SMILES string of the molecule is C=C=C(NC)c1cc(C)cc(C)c1N. The molecule has 0 heterocycles. The largest absolute Gasteiger partial charge is 0.398 e. The van der Waals surface area contributed by atoms with Crippen molar-refractivity contribution in [2.45, 2.75) is 13.8 Å². The molecule has 0 aliphatic heterocycles. The van der Waals surface area contributed by atoms with Gasteiger partial charge < -0.3 is 11.1 Å². The van der Waals surface area contributed by atoms with Crippen molar-refractivity contribution in [2.75, 3.05) is 12.8 Å². The second-order valence-electron chi connectivity index (χ2n) is 3.34. The molecule has 0 radical (unpaired) electrons. The van der Waals surface area contributed by atoms with Crippen LogP contribution in [0, 0.1) is 13.8 Å². The zero-order valence-corrected chi connectivity index (χ0v) is 8.94. The van der Waals surface area contributed by atoms with Gasteiger partial charge in [-0.05, 0) is 25.5 Å². The lowest BCUT2D eigenvalue weighted by atomic mass is 10.0. The third-order valence-electron chi connectivity index (χ3n) is 2.23. The van der Waals surface area contributed by atoms with Crippen LogP contribution < -0.4 is 11.1 Å². The lowest BCUT2D eigenvalue weighted by Crippen LogP contribution is -2.07. The highest BCUT2D eigenvalue weighted by molar-refractivity contribution is 5.75. The first-order valence-electron chi connectivity index (χ1n) is 4.55. The van der Waals surface area contributed by atoms with Crippen molar-refractivity contribution in [2.24, 2.45) is 0 Å². The fraction of sp³-hybridized carbons (Fsp3) is 0.250. The summed E-state index contributed by atoms with van der Waals surface area (Å²) in [7, 11) is 1.84. The molecule has 1 aromatic carbocycles. The number of rotatable bonds is 2. The summed E-state index contributed by atoms with van der Waals surface area (Å²) in [6.45, 7) is 7.68. The predicted molar refractivity (Wildman–Crippen MR) is 61.9 cm³/mol. The van der Waals surface area contributed by atoms with Gasteiger partial charge in [-0.25, -0.2) is 0 Å². The molecule has 0 saturated heterocycles. The third-order valence-corrected chi connectivity index (χ3v) is 2.23. The summed E-state index contributed by atoms with van der Waals surface area (Å²) in [5, 5.41) is 3.03. The zero-order chi connectivity index (χ0) is 10.7. The second kappa shape index (κ2) is 4.03. The van der Waals surface area contributed by atoms with E-state index in [2.05, 4.69) is 23.7 Å². The smallest absolute Gasteiger partial charge is 0.0859 e. The van der Waals surface area contributed by atoms with Crippen molar-refractivity contribution in [3.63, 3.8) is 0 Å². The van der Waals surface area contributed by atoms with Crippen LogP contribution in [0.3, 0.4) is 0 Å². The van der Waals surface area contributed by atoms with Gasteiger partial charge in [-0.1, -0.05) is 18.2 Å². The fourth-order valence-corrected chi connectivity index (χ4v) is 1.50. The molecule has 0 unspecified atom stereocenters. The quantitative estimate of drug-likeness (QED) is 0.551. The van der Waals surface area contributed by atoms with E-state index in [-0.39, 0.29) is 0 Å². The molecule has 14 heavy (non-hydrogen) atoms. The van der Waals surface area contributed by atoms with E-state index in [4.69, 9.17) is 5.73 Å². The molecule has 3 N–H and O–H groups in total. The minimum Gasteiger partial charge on any atom is -0.398 e. The van der Waals surface area contributed by atoms with E-state index in [0.29, 0.717) is 0 Å². The van der Waals surface area contributed by atoms with Gasteiger partial charge in [0.2, 0.25) is 0 Å². The van der Waals surface area contributed by atoms with Gasteiger partial charge in [-0.2, -0.15) is 0 Å². The van der Waals surface area contributed by atoms with Crippen LogP contribution in [0.2, 0.25) is 0 Å². The average molecular weight is 188 g/mol. The van der Waals surface area contributed by atoms with E-state index >= 15 is 0 Å². The van der Waals surface area contributed by atoms with Gasteiger partial charge in [0.1, 0.15) is 0 Å². The number of nitrogens with one attached hydrogen (secondary N) is 1. The van der Waals surface area contributed by atoms with Crippen LogP contribution >= 0.6 is 0 Å². The molecule has 0 aromatic heterocycles. The molecule has 2 heteroatoms. The average Bonchev–Trinajstić information content (AvgIpc) is 2.15. The highest BCUT2D eigenvalue weighted by Gasteiger charge is 2.06.